The van der Waals surface area contributed by atoms with Gasteiger partial charge in [-0.2, -0.15) is 5.26 Å². The van der Waals surface area contributed by atoms with E-state index in [1.807, 2.05) is 18.9 Å². The third-order valence-electron chi connectivity index (χ3n) is 7.07. The summed E-state index contributed by atoms with van der Waals surface area (Å²) in [4.78, 5) is 34.9. The molecule has 0 unspecified atom stereocenters. The van der Waals surface area contributed by atoms with Crippen LogP contribution in [0.15, 0.2) is 47.5 Å². The van der Waals surface area contributed by atoms with E-state index >= 15 is 0 Å². The van der Waals surface area contributed by atoms with Crippen molar-refractivity contribution >= 4 is 5.91 Å². The number of aromatic nitrogens is 3. The molecule has 34 heavy (non-hydrogen) atoms. The van der Waals surface area contributed by atoms with Crippen molar-refractivity contribution in [3.05, 3.63) is 69.8 Å². The zero-order valence-electron chi connectivity index (χ0n) is 19.5. The Balaban J connectivity index is 1.30. The Morgan fingerprint density at radius 3 is 2.53 bits per heavy atom. The predicted molar refractivity (Wildman–Crippen MR) is 129 cm³/mol. The minimum absolute atomic E-state index is 0.0448. The molecule has 1 aliphatic heterocycles. The number of hydrogen-bond donors (Lipinski definition) is 1. The summed E-state index contributed by atoms with van der Waals surface area (Å²) in [5.41, 5.74) is 2.94. The largest absolute Gasteiger partial charge is 0.339 e. The van der Waals surface area contributed by atoms with Crippen molar-refractivity contribution in [1.29, 1.82) is 5.26 Å². The zero-order valence-corrected chi connectivity index (χ0v) is 19.5. The summed E-state index contributed by atoms with van der Waals surface area (Å²) in [5.74, 6) is 0.371. The van der Waals surface area contributed by atoms with Gasteiger partial charge in [0, 0.05) is 44.6 Å². The zero-order chi connectivity index (χ0) is 23.8. The number of H-pyrrole nitrogens is 1. The number of carbonyl (C=O) groups is 1. The topological polar surface area (TPSA) is 98.0 Å². The summed E-state index contributed by atoms with van der Waals surface area (Å²) in [6.07, 6.45) is 7.80. The second-order valence-electron chi connectivity index (χ2n) is 9.29. The first kappa shape index (κ1) is 22.1. The number of hydrogen-bond acceptors (Lipinski definition) is 5. The monoisotopic (exact) mass is 456 g/mol. The highest BCUT2D eigenvalue weighted by Gasteiger charge is 2.33. The van der Waals surface area contributed by atoms with Gasteiger partial charge in [0.25, 0.3) is 11.5 Å². The smallest absolute Gasteiger partial charge is 0.280 e. The first-order chi connectivity index (χ1) is 16.5. The lowest BCUT2D eigenvalue weighted by molar-refractivity contribution is 0.0636. The number of rotatable bonds is 5. The van der Waals surface area contributed by atoms with Gasteiger partial charge in [0.05, 0.1) is 22.8 Å². The Labute approximate surface area is 198 Å². The number of aromatic amines is 1. The van der Waals surface area contributed by atoms with E-state index in [1.165, 1.54) is 23.7 Å². The van der Waals surface area contributed by atoms with Crippen LogP contribution < -0.4 is 5.56 Å². The van der Waals surface area contributed by atoms with Gasteiger partial charge in [-0.1, -0.05) is 6.07 Å². The minimum Gasteiger partial charge on any atom is -0.339 e. The molecule has 1 N–H and O–H groups in total. The Morgan fingerprint density at radius 2 is 1.91 bits per heavy atom. The quantitative estimate of drug-likeness (QED) is 0.636. The number of nitriles is 1. The van der Waals surface area contributed by atoms with Crippen molar-refractivity contribution in [2.24, 2.45) is 0 Å². The van der Waals surface area contributed by atoms with Gasteiger partial charge >= 0.3 is 0 Å². The fraction of sp³-hybridized carbons (Fsp3) is 0.385. The molecule has 5 rings (SSSR count). The van der Waals surface area contributed by atoms with Crippen LogP contribution in [-0.2, 0) is 0 Å². The van der Waals surface area contributed by atoms with Crippen LogP contribution in [0.4, 0.5) is 0 Å². The molecule has 8 heteroatoms. The molecule has 1 amide bonds. The molecule has 174 valence electrons. The third-order valence-corrected chi connectivity index (χ3v) is 7.07. The van der Waals surface area contributed by atoms with Crippen molar-refractivity contribution in [2.75, 3.05) is 20.1 Å². The molecule has 0 radical (unpaired) electrons. The lowest BCUT2D eigenvalue weighted by atomic mass is 10.0. The van der Waals surface area contributed by atoms with E-state index in [1.54, 1.807) is 36.5 Å². The van der Waals surface area contributed by atoms with Gasteiger partial charge < -0.3 is 9.80 Å². The molecular weight excluding hydrogens is 428 g/mol. The fourth-order valence-corrected chi connectivity index (χ4v) is 4.86. The fourth-order valence-electron chi connectivity index (χ4n) is 4.86. The van der Waals surface area contributed by atoms with E-state index in [0.29, 0.717) is 22.5 Å². The molecular formula is C26H28N6O2. The Kier molecular flexibility index (Phi) is 5.80. The molecule has 1 saturated heterocycles. The standard InChI is InChI=1S/C26H28N6O2/c1-17-13-18(14-27)3-7-22(17)23-16-29-32(26(23)34)24-8-4-19(15-28-24)25(33)30(2)20-9-11-31(12-10-20)21-5-6-21/h3-4,7-8,13,15-16,20-21,29H,5-6,9-12H2,1-2H3. The second kappa shape index (κ2) is 8.92. The van der Waals surface area contributed by atoms with Gasteiger partial charge in [0.2, 0.25) is 0 Å². The van der Waals surface area contributed by atoms with Crippen LogP contribution in [0.5, 0.6) is 0 Å². The number of nitrogens with one attached hydrogen (secondary N) is 1. The number of piperidine rings is 1. The van der Waals surface area contributed by atoms with E-state index in [-0.39, 0.29) is 17.5 Å². The van der Waals surface area contributed by atoms with Gasteiger partial charge in [-0.25, -0.2) is 9.67 Å². The summed E-state index contributed by atoms with van der Waals surface area (Å²) in [7, 11) is 1.87. The normalized spacial score (nSPS) is 16.9. The average Bonchev–Trinajstić information content (AvgIpc) is 3.65. The van der Waals surface area contributed by atoms with Gasteiger partial charge in [-0.05, 0) is 68.0 Å². The van der Waals surface area contributed by atoms with Gasteiger partial charge in [-0.15, -0.1) is 0 Å². The maximum absolute atomic E-state index is 13.0. The van der Waals surface area contributed by atoms with Crippen LogP contribution in [0.3, 0.4) is 0 Å². The molecule has 3 aromatic rings. The van der Waals surface area contributed by atoms with Crippen LogP contribution in [0.2, 0.25) is 0 Å². The Bertz CT molecular complexity index is 1300. The van der Waals surface area contributed by atoms with E-state index in [2.05, 4.69) is 21.1 Å². The van der Waals surface area contributed by atoms with Crippen molar-refractivity contribution in [3.63, 3.8) is 0 Å². The molecule has 2 aromatic heterocycles. The lowest BCUT2D eigenvalue weighted by Gasteiger charge is -2.36. The van der Waals surface area contributed by atoms with E-state index in [9.17, 15) is 9.59 Å². The highest BCUT2D eigenvalue weighted by molar-refractivity contribution is 5.94. The number of benzene rings is 1. The van der Waals surface area contributed by atoms with Crippen LogP contribution in [0.25, 0.3) is 16.9 Å². The number of aryl methyl sites for hydroxylation is 1. The highest BCUT2D eigenvalue weighted by atomic mass is 16.2. The average molecular weight is 457 g/mol. The van der Waals surface area contributed by atoms with Crippen LogP contribution in [0.1, 0.15) is 47.2 Å². The lowest BCUT2D eigenvalue weighted by Crippen LogP contribution is -2.46. The first-order valence-electron chi connectivity index (χ1n) is 11.8. The number of pyridine rings is 1. The molecule has 0 atom stereocenters. The van der Waals surface area contributed by atoms with Gasteiger partial charge in [0.15, 0.2) is 5.82 Å². The van der Waals surface area contributed by atoms with E-state index in [4.69, 9.17) is 5.26 Å². The van der Waals surface area contributed by atoms with Crippen molar-refractivity contribution in [3.8, 4) is 23.0 Å². The molecule has 1 aromatic carbocycles. The number of carbonyl (C=O) groups excluding carboxylic acids is 1. The molecule has 8 nitrogen and oxygen atoms in total. The first-order valence-corrected chi connectivity index (χ1v) is 11.8. The Morgan fingerprint density at radius 1 is 1.15 bits per heavy atom. The van der Waals surface area contributed by atoms with Crippen molar-refractivity contribution < 1.29 is 4.79 Å². The van der Waals surface area contributed by atoms with Gasteiger partial charge in [0.1, 0.15) is 0 Å². The third kappa shape index (κ3) is 4.15. The van der Waals surface area contributed by atoms with Crippen molar-refractivity contribution in [1.82, 2.24) is 24.6 Å². The SMILES string of the molecule is Cc1cc(C#N)ccc1-c1c[nH]n(-c2ccc(C(=O)N(C)C3CCN(C4CC4)CC3)cn2)c1=O. The number of likely N-dealkylation sites (tertiary alicyclic amines) is 1. The van der Waals surface area contributed by atoms with Gasteiger partial charge in [-0.3, -0.25) is 14.7 Å². The second-order valence-corrected chi connectivity index (χ2v) is 9.29. The number of nitrogens with zero attached hydrogens (tertiary/aromatic N) is 5. The minimum atomic E-state index is -0.237. The number of amides is 1. The molecule has 1 aliphatic carbocycles. The van der Waals surface area contributed by atoms with Crippen molar-refractivity contribution in [2.45, 2.75) is 44.7 Å². The maximum atomic E-state index is 13.0. The summed E-state index contributed by atoms with van der Waals surface area (Å²) >= 11 is 0. The molecule has 2 aliphatic rings. The molecule has 0 spiro atoms. The molecule has 0 bridgehead atoms. The summed E-state index contributed by atoms with van der Waals surface area (Å²) in [6.45, 7) is 3.99. The van der Waals surface area contributed by atoms with E-state index in [0.717, 1.165) is 43.1 Å². The summed E-state index contributed by atoms with van der Waals surface area (Å²) in [6, 6.07) is 11.8. The molecule has 1 saturated carbocycles. The highest BCUT2D eigenvalue weighted by Crippen LogP contribution is 2.30. The Hall–Kier alpha value is -3.70. The van der Waals surface area contributed by atoms with Crippen LogP contribution in [-0.4, -0.2) is 62.7 Å². The van der Waals surface area contributed by atoms with E-state index < -0.39 is 0 Å². The van der Waals surface area contributed by atoms with Crippen LogP contribution >= 0.6 is 0 Å². The molecule has 3 heterocycles. The van der Waals surface area contributed by atoms with Crippen LogP contribution in [0, 0.1) is 18.3 Å². The summed E-state index contributed by atoms with van der Waals surface area (Å²) in [5, 5.41) is 12.0. The summed E-state index contributed by atoms with van der Waals surface area (Å²) < 4.78 is 1.36. The predicted octanol–water partition coefficient (Wildman–Crippen LogP) is 3.11. The molecule has 2 fully saturated rings. The maximum Gasteiger partial charge on any atom is 0.280 e.